The van der Waals surface area contributed by atoms with Gasteiger partial charge in [-0.05, 0) is 36.9 Å². The van der Waals surface area contributed by atoms with Crippen LogP contribution in [0, 0.1) is 0 Å². The Balaban J connectivity index is 2.30. The second-order valence-electron chi connectivity index (χ2n) is 4.77. The molecule has 0 aliphatic heterocycles. The molecule has 4 heteroatoms. The van der Waals surface area contributed by atoms with Crippen molar-refractivity contribution < 1.29 is 10.2 Å². The van der Waals surface area contributed by atoms with Gasteiger partial charge in [-0.15, -0.1) is 0 Å². The molecule has 3 N–H and O–H groups in total. The molecule has 1 aromatic carbocycles. The number of pyridine rings is 1. The fourth-order valence-electron chi connectivity index (χ4n) is 1.70. The smallest absolute Gasteiger partial charge is 0.134 e. The molecule has 1 heterocycles. The number of nitrogens with zero attached hydrogens (tertiary/aromatic N) is 1. The Hall–Kier alpha value is -1.81. The molecule has 4 nitrogen and oxygen atoms in total. The Morgan fingerprint density at radius 1 is 1.33 bits per heavy atom. The lowest BCUT2D eigenvalue weighted by molar-refractivity contribution is 0.0697. The quantitative estimate of drug-likeness (QED) is 0.775. The first-order valence-corrected chi connectivity index (χ1v) is 6.06. The van der Waals surface area contributed by atoms with Crippen LogP contribution in [0.15, 0.2) is 30.5 Å². The predicted octanol–water partition coefficient (Wildman–Crippen LogP) is 2.51. The van der Waals surface area contributed by atoms with Crippen LogP contribution in [0.2, 0.25) is 0 Å². The molecule has 1 unspecified atom stereocenters. The number of fused-ring (bicyclic) bond motifs is 1. The average Bonchev–Trinajstić information content (AvgIpc) is 2.36. The van der Waals surface area contributed by atoms with Crippen molar-refractivity contribution in [3.05, 3.63) is 30.5 Å². The Morgan fingerprint density at radius 3 is 2.83 bits per heavy atom. The zero-order valence-electron chi connectivity index (χ0n) is 10.6. The number of aliphatic hydroxyl groups is 1. The van der Waals surface area contributed by atoms with E-state index in [0.717, 1.165) is 10.8 Å². The van der Waals surface area contributed by atoms with Gasteiger partial charge >= 0.3 is 0 Å². The van der Waals surface area contributed by atoms with Gasteiger partial charge in [-0.2, -0.15) is 0 Å². The van der Waals surface area contributed by atoms with Crippen molar-refractivity contribution in [2.45, 2.75) is 25.9 Å². The summed E-state index contributed by atoms with van der Waals surface area (Å²) in [5, 5.41) is 24.5. The monoisotopic (exact) mass is 246 g/mol. The summed E-state index contributed by atoms with van der Waals surface area (Å²) < 4.78 is 0. The van der Waals surface area contributed by atoms with Gasteiger partial charge in [-0.1, -0.05) is 13.0 Å². The Labute approximate surface area is 106 Å². The molecule has 2 aromatic rings. The van der Waals surface area contributed by atoms with Gasteiger partial charge in [0, 0.05) is 18.1 Å². The Kier molecular flexibility index (Phi) is 3.39. The third-order valence-electron chi connectivity index (χ3n) is 3.15. The van der Waals surface area contributed by atoms with Crippen molar-refractivity contribution in [2.75, 3.05) is 11.9 Å². The zero-order chi connectivity index (χ0) is 13.2. The highest BCUT2D eigenvalue weighted by molar-refractivity contribution is 5.92. The van der Waals surface area contributed by atoms with Gasteiger partial charge in [0.15, 0.2) is 0 Å². The van der Waals surface area contributed by atoms with E-state index >= 15 is 0 Å². The molecule has 0 amide bonds. The lowest BCUT2D eigenvalue weighted by Crippen LogP contribution is -2.32. The number of aromatic hydroxyl groups is 1. The van der Waals surface area contributed by atoms with E-state index in [2.05, 4.69) is 10.3 Å². The third-order valence-corrected chi connectivity index (χ3v) is 3.15. The van der Waals surface area contributed by atoms with Crippen molar-refractivity contribution in [3.8, 4) is 5.75 Å². The molecule has 0 saturated heterocycles. The topological polar surface area (TPSA) is 65.4 Å². The van der Waals surface area contributed by atoms with Gasteiger partial charge < -0.3 is 15.5 Å². The van der Waals surface area contributed by atoms with E-state index in [1.54, 1.807) is 25.3 Å². The van der Waals surface area contributed by atoms with Gasteiger partial charge in [0.05, 0.1) is 5.60 Å². The maximum absolute atomic E-state index is 9.97. The first kappa shape index (κ1) is 12.6. The van der Waals surface area contributed by atoms with Gasteiger partial charge in [-0.25, -0.2) is 4.98 Å². The van der Waals surface area contributed by atoms with E-state index in [1.165, 1.54) is 0 Å². The summed E-state index contributed by atoms with van der Waals surface area (Å²) >= 11 is 0. The number of rotatable bonds is 4. The summed E-state index contributed by atoms with van der Waals surface area (Å²) in [6.45, 7) is 4.14. The van der Waals surface area contributed by atoms with Crippen LogP contribution < -0.4 is 5.32 Å². The van der Waals surface area contributed by atoms with Crippen LogP contribution in [0.5, 0.6) is 5.75 Å². The molecule has 1 atom stereocenters. The highest BCUT2D eigenvalue weighted by Gasteiger charge is 2.17. The third kappa shape index (κ3) is 2.71. The highest BCUT2D eigenvalue weighted by atomic mass is 16.3. The number of aromatic nitrogens is 1. The minimum Gasteiger partial charge on any atom is -0.508 e. The first-order valence-electron chi connectivity index (χ1n) is 6.06. The van der Waals surface area contributed by atoms with Crippen LogP contribution in [-0.2, 0) is 0 Å². The van der Waals surface area contributed by atoms with Gasteiger partial charge in [0.25, 0.3) is 0 Å². The molecule has 96 valence electrons. The van der Waals surface area contributed by atoms with Crippen LogP contribution in [0.25, 0.3) is 10.8 Å². The minimum absolute atomic E-state index is 0.209. The number of hydrogen-bond donors (Lipinski definition) is 3. The molecular formula is C14H18N2O2. The molecule has 18 heavy (non-hydrogen) atoms. The van der Waals surface area contributed by atoms with E-state index < -0.39 is 5.60 Å². The Morgan fingerprint density at radius 2 is 2.11 bits per heavy atom. The summed E-state index contributed by atoms with van der Waals surface area (Å²) in [5.41, 5.74) is -0.763. The summed E-state index contributed by atoms with van der Waals surface area (Å²) in [5.74, 6) is 0.887. The van der Waals surface area contributed by atoms with Crippen molar-refractivity contribution in [1.29, 1.82) is 0 Å². The van der Waals surface area contributed by atoms with Crippen molar-refractivity contribution in [1.82, 2.24) is 4.98 Å². The molecule has 0 aliphatic carbocycles. The number of benzene rings is 1. The second kappa shape index (κ2) is 4.82. The Bertz CT molecular complexity index is 552. The van der Waals surface area contributed by atoms with E-state index in [4.69, 9.17) is 0 Å². The summed E-state index contributed by atoms with van der Waals surface area (Å²) in [6, 6.07) is 7.05. The van der Waals surface area contributed by atoms with Crippen LogP contribution >= 0.6 is 0 Å². The van der Waals surface area contributed by atoms with Gasteiger partial charge in [0.1, 0.15) is 11.6 Å². The van der Waals surface area contributed by atoms with Crippen molar-refractivity contribution >= 4 is 16.6 Å². The molecule has 1 aromatic heterocycles. The first-order chi connectivity index (χ1) is 8.52. The van der Waals surface area contributed by atoms with Crippen molar-refractivity contribution in [3.63, 3.8) is 0 Å². The highest BCUT2D eigenvalue weighted by Crippen LogP contribution is 2.25. The van der Waals surface area contributed by atoms with Crippen LogP contribution in [0.3, 0.4) is 0 Å². The average molecular weight is 246 g/mol. The normalized spacial score (nSPS) is 14.4. The summed E-state index contributed by atoms with van der Waals surface area (Å²) in [6.07, 6.45) is 2.37. The molecule has 0 fully saturated rings. The van der Waals surface area contributed by atoms with Crippen LogP contribution in [0.1, 0.15) is 20.3 Å². The predicted molar refractivity (Wildman–Crippen MR) is 72.8 cm³/mol. The maximum atomic E-state index is 9.97. The maximum Gasteiger partial charge on any atom is 0.134 e. The zero-order valence-corrected chi connectivity index (χ0v) is 10.6. The second-order valence-corrected chi connectivity index (χ2v) is 4.77. The number of phenols is 1. The molecule has 0 saturated carbocycles. The number of nitrogens with one attached hydrogen (secondary N) is 1. The summed E-state index contributed by atoms with van der Waals surface area (Å²) in [4.78, 5) is 4.25. The fourth-order valence-corrected chi connectivity index (χ4v) is 1.70. The molecular weight excluding hydrogens is 228 g/mol. The molecule has 2 rings (SSSR count). The number of hydrogen-bond acceptors (Lipinski definition) is 4. The van der Waals surface area contributed by atoms with E-state index in [9.17, 15) is 10.2 Å². The standard InChI is InChI=1S/C14H18N2O2/c1-3-14(2,18)9-16-13-12-8-11(17)5-4-10(12)6-7-15-13/h4-8,17-18H,3,9H2,1-2H3,(H,15,16). The van der Waals surface area contributed by atoms with Gasteiger partial charge in [-0.3, -0.25) is 0 Å². The lowest BCUT2D eigenvalue weighted by Gasteiger charge is -2.22. The van der Waals surface area contributed by atoms with E-state index in [1.807, 2.05) is 19.1 Å². The van der Waals surface area contributed by atoms with E-state index in [0.29, 0.717) is 18.8 Å². The largest absolute Gasteiger partial charge is 0.508 e. The van der Waals surface area contributed by atoms with Gasteiger partial charge in [0.2, 0.25) is 0 Å². The lowest BCUT2D eigenvalue weighted by atomic mass is 10.0. The molecule has 0 spiro atoms. The molecule has 0 aliphatic rings. The van der Waals surface area contributed by atoms with E-state index in [-0.39, 0.29) is 5.75 Å². The molecule has 0 radical (unpaired) electrons. The van der Waals surface area contributed by atoms with Crippen LogP contribution in [0.4, 0.5) is 5.82 Å². The fraction of sp³-hybridized carbons (Fsp3) is 0.357. The minimum atomic E-state index is -0.763. The number of anilines is 1. The number of phenolic OH excluding ortho intramolecular Hbond substituents is 1. The van der Waals surface area contributed by atoms with Crippen molar-refractivity contribution in [2.24, 2.45) is 0 Å². The summed E-state index contributed by atoms with van der Waals surface area (Å²) in [7, 11) is 0. The molecule has 0 bridgehead atoms. The SMILES string of the molecule is CCC(C)(O)CNc1nccc2ccc(O)cc12. The van der Waals surface area contributed by atoms with Crippen LogP contribution in [-0.4, -0.2) is 27.3 Å².